The van der Waals surface area contributed by atoms with Crippen LogP contribution in [-0.2, 0) is 0 Å². The number of hydrogen-bond donors (Lipinski definition) is 0. The van der Waals surface area contributed by atoms with E-state index in [0.717, 1.165) is 29.7 Å². The number of pyridine rings is 1. The molecule has 1 saturated heterocycles. The number of carbonyl (C=O) groups excluding carboxylic acids is 1. The Kier molecular flexibility index (Phi) is 3.84. The fourth-order valence-electron chi connectivity index (χ4n) is 2.68. The number of fused-ring (bicyclic) bond motifs is 1. The normalized spacial score (nSPS) is 18.0. The zero-order valence-electron chi connectivity index (χ0n) is 12.1. The summed E-state index contributed by atoms with van der Waals surface area (Å²) in [7, 11) is 0. The third kappa shape index (κ3) is 3.01. The van der Waals surface area contributed by atoms with Crippen LogP contribution in [0.4, 0.5) is 0 Å². The highest BCUT2D eigenvalue weighted by Gasteiger charge is 2.30. The summed E-state index contributed by atoms with van der Waals surface area (Å²) in [6.07, 6.45) is 0. The van der Waals surface area contributed by atoms with Crippen molar-refractivity contribution in [1.82, 2.24) is 9.88 Å². The fraction of sp³-hybridized carbons (Fsp3) is 0.375. The molecular formula is C16H17ClN2OS. The largest absolute Gasteiger partial charge is 0.336 e. The zero-order chi connectivity index (χ0) is 15.0. The van der Waals surface area contributed by atoms with Gasteiger partial charge in [0.25, 0.3) is 5.91 Å². The number of benzene rings is 1. The molecule has 5 heteroatoms. The van der Waals surface area contributed by atoms with Gasteiger partial charge in [0.2, 0.25) is 0 Å². The van der Waals surface area contributed by atoms with E-state index in [4.69, 9.17) is 11.6 Å². The first-order chi connectivity index (χ1) is 9.96. The molecule has 0 saturated carbocycles. The first kappa shape index (κ1) is 14.7. The van der Waals surface area contributed by atoms with Crippen LogP contribution in [0, 0.1) is 0 Å². The van der Waals surface area contributed by atoms with Crippen molar-refractivity contribution in [2.45, 2.75) is 18.6 Å². The third-order valence-electron chi connectivity index (χ3n) is 3.63. The van der Waals surface area contributed by atoms with E-state index in [1.54, 1.807) is 6.07 Å². The molecule has 1 aromatic carbocycles. The van der Waals surface area contributed by atoms with E-state index in [1.807, 2.05) is 40.9 Å². The number of halogens is 1. The molecule has 0 spiro atoms. The molecule has 21 heavy (non-hydrogen) atoms. The highest BCUT2D eigenvalue weighted by atomic mass is 35.5. The summed E-state index contributed by atoms with van der Waals surface area (Å²) in [5, 5.41) is 1.23. The lowest BCUT2D eigenvalue weighted by atomic mass is 10.1. The summed E-state index contributed by atoms with van der Waals surface area (Å²) >= 11 is 7.99. The smallest absolute Gasteiger partial charge is 0.254 e. The molecule has 1 amide bonds. The van der Waals surface area contributed by atoms with E-state index in [0.29, 0.717) is 10.7 Å². The molecule has 0 bridgehead atoms. The van der Waals surface area contributed by atoms with Crippen LogP contribution in [0.5, 0.6) is 0 Å². The van der Waals surface area contributed by atoms with Gasteiger partial charge in [-0.2, -0.15) is 11.8 Å². The van der Waals surface area contributed by atoms with E-state index < -0.39 is 0 Å². The average molecular weight is 321 g/mol. The molecule has 3 rings (SSSR count). The number of hydrogen-bond acceptors (Lipinski definition) is 3. The Morgan fingerprint density at radius 1 is 1.38 bits per heavy atom. The first-order valence-electron chi connectivity index (χ1n) is 6.95. The van der Waals surface area contributed by atoms with Crippen LogP contribution in [-0.4, -0.2) is 39.4 Å². The second-order valence-electron chi connectivity index (χ2n) is 5.84. The first-order valence-corrected chi connectivity index (χ1v) is 8.31. The van der Waals surface area contributed by atoms with Gasteiger partial charge in [-0.15, -0.1) is 0 Å². The highest BCUT2D eigenvalue weighted by molar-refractivity contribution is 8.00. The fourth-order valence-corrected chi connectivity index (χ4v) is 3.99. The standard InChI is InChI=1S/C16H17ClN2OS/c1-16(2)10-19(7-8-21-16)15(20)12-9-14(17)18-13-6-4-3-5-11(12)13/h3-6,9H,7-8,10H2,1-2H3. The summed E-state index contributed by atoms with van der Waals surface area (Å²) in [4.78, 5) is 19.1. The maximum Gasteiger partial charge on any atom is 0.254 e. The van der Waals surface area contributed by atoms with Crippen LogP contribution in [0.25, 0.3) is 10.9 Å². The van der Waals surface area contributed by atoms with Crippen molar-refractivity contribution in [2.75, 3.05) is 18.8 Å². The number of thioether (sulfide) groups is 1. The molecule has 0 N–H and O–H groups in total. The van der Waals surface area contributed by atoms with E-state index in [1.165, 1.54) is 0 Å². The quantitative estimate of drug-likeness (QED) is 0.748. The minimum atomic E-state index is 0.0453. The summed E-state index contributed by atoms with van der Waals surface area (Å²) in [5.74, 6) is 1.01. The average Bonchev–Trinajstić information content (AvgIpc) is 2.44. The second kappa shape index (κ2) is 5.50. The van der Waals surface area contributed by atoms with E-state index >= 15 is 0 Å². The second-order valence-corrected chi connectivity index (χ2v) is 8.03. The molecule has 1 aliphatic rings. The minimum absolute atomic E-state index is 0.0453. The van der Waals surface area contributed by atoms with Crippen molar-refractivity contribution in [2.24, 2.45) is 0 Å². The zero-order valence-corrected chi connectivity index (χ0v) is 13.7. The predicted octanol–water partition coefficient (Wildman–Crippen LogP) is 3.86. The Bertz CT molecular complexity index is 702. The van der Waals surface area contributed by atoms with Gasteiger partial charge in [0, 0.05) is 29.0 Å². The monoisotopic (exact) mass is 320 g/mol. The van der Waals surface area contributed by atoms with Crippen molar-refractivity contribution in [1.29, 1.82) is 0 Å². The van der Waals surface area contributed by atoms with Gasteiger partial charge in [0.1, 0.15) is 5.15 Å². The molecule has 0 atom stereocenters. The van der Waals surface area contributed by atoms with Crippen LogP contribution < -0.4 is 0 Å². The topological polar surface area (TPSA) is 33.2 Å². The molecule has 1 aromatic heterocycles. The lowest BCUT2D eigenvalue weighted by Crippen LogP contribution is -2.46. The van der Waals surface area contributed by atoms with E-state index in [2.05, 4.69) is 18.8 Å². The molecule has 0 aliphatic carbocycles. The van der Waals surface area contributed by atoms with Gasteiger partial charge in [-0.3, -0.25) is 4.79 Å². The Hall–Kier alpha value is -1.26. The number of para-hydroxylation sites is 1. The maximum absolute atomic E-state index is 12.9. The van der Waals surface area contributed by atoms with Crippen LogP contribution >= 0.6 is 23.4 Å². The van der Waals surface area contributed by atoms with Crippen LogP contribution in [0.1, 0.15) is 24.2 Å². The van der Waals surface area contributed by atoms with Crippen molar-refractivity contribution in [3.8, 4) is 0 Å². The van der Waals surface area contributed by atoms with Gasteiger partial charge in [-0.25, -0.2) is 4.98 Å². The van der Waals surface area contributed by atoms with Crippen molar-refractivity contribution < 1.29 is 4.79 Å². The number of amides is 1. The number of rotatable bonds is 1. The summed E-state index contributed by atoms with van der Waals surface area (Å²) < 4.78 is 0.0978. The summed E-state index contributed by atoms with van der Waals surface area (Å²) in [6.45, 7) is 5.88. The van der Waals surface area contributed by atoms with Crippen LogP contribution in [0.3, 0.4) is 0 Å². The lowest BCUT2D eigenvalue weighted by Gasteiger charge is -2.37. The van der Waals surface area contributed by atoms with Gasteiger partial charge in [0.15, 0.2) is 0 Å². The van der Waals surface area contributed by atoms with Gasteiger partial charge in [0.05, 0.1) is 11.1 Å². The predicted molar refractivity (Wildman–Crippen MR) is 89.2 cm³/mol. The molecule has 0 radical (unpaired) electrons. The van der Waals surface area contributed by atoms with Gasteiger partial charge >= 0.3 is 0 Å². The Labute approximate surface area is 133 Å². The van der Waals surface area contributed by atoms with E-state index in [9.17, 15) is 4.79 Å². The van der Waals surface area contributed by atoms with Gasteiger partial charge in [-0.1, -0.05) is 29.8 Å². The van der Waals surface area contributed by atoms with Crippen molar-refractivity contribution in [3.05, 3.63) is 41.0 Å². The molecule has 1 fully saturated rings. The third-order valence-corrected chi connectivity index (χ3v) is 5.12. The summed E-state index contributed by atoms with van der Waals surface area (Å²) in [6, 6.07) is 9.32. The van der Waals surface area contributed by atoms with Crippen molar-refractivity contribution >= 4 is 40.2 Å². The minimum Gasteiger partial charge on any atom is -0.336 e. The van der Waals surface area contributed by atoms with Crippen LogP contribution in [0.2, 0.25) is 5.15 Å². The molecule has 2 aromatic rings. The lowest BCUT2D eigenvalue weighted by molar-refractivity contribution is 0.0750. The molecule has 2 heterocycles. The summed E-state index contributed by atoms with van der Waals surface area (Å²) in [5.41, 5.74) is 1.41. The Morgan fingerprint density at radius 3 is 2.90 bits per heavy atom. The van der Waals surface area contributed by atoms with Crippen molar-refractivity contribution in [3.63, 3.8) is 0 Å². The Morgan fingerprint density at radius 2 is 2.14 bits per heavy atom. The Balaban J connectivity index is 2.02. The van der Waals surface area contributed by atoms with Gasteiger partial charge < -0.3 is 4.90 Å². The molecule has 1 aliphatic heterocycles. The number of carbonyl (C=O) groups is 1. The maximum atomic E-state index is 12.9. The molecular weight excluding hydrogens is 304 g/mol. The SMILES string of the molecule is CC1(C)CN(C(=O)c2cc(Cl)nc3ccccc23)CCS1. The molecule has 110 valence electrons. The van der Waals surface area contributed by atoms with Gasteiger partial charge in [-0.05, 0) is 26.0 Å². The number of aromatic nitrogens is 1. The highest BCUT2D eigenvalue weighted by Crippen LogP contribution is 2.31. The van der Waals surface area contributed by atoms with Crippen LogP contribution in [0.15, 0.2) is 30.3 Å². The van der Waals surface area contributed by atoms with E-state index in [-0.39, 0.29) is 10.7 Å². The molecule has 0 unspecified atom stereocenters. The number of nitrogens with zero attached hydrogens (tertiary/aromatic N) is 2. The molecule has 3 nitrogen and oxygen atoms in total.